The summed E-state index contributed by atoms with van der Waals surface area (Å²) in [6.45, 7) is 0. The molecule has 0 atom stereocenters. The van der Waals surface area contributed by atoms with Crippen LogP contribution in [-0.2, 0) is 0 Å². The van der Waals surface area contributed by atoms with Crippen LogP contribution < -0.4 is 10.1 Å². The number of amides is 1. The lowest BCUT2D eigenvalue weighted by Gasteiger charge is -2.04. The van der Waals surface area contributed by atoms with E-state index in [1.54, 1.807) is 31.6 Å². The zero-order valence-corrected chi connectivity index (χ0v) is 9.45. The highest BCUT2D eigenvalue weighted by Gasteiger charge is 2.07. The number of rotatable bonds is 3. The smallest absolute Gasteiger partial charge is 0.265 e. The monoisotopic (exact) mass is 234 g/mol. The highest BCUT2D eigenvalue weighted by Crippen LogP contribution is 2.16. The molecule has 82 valence electrons. The van der Waals surface area contributed by atoms with Gasteiger partial charge in [-0.05, 0) is 11.4 Å². The number of carbonyl (C=O) groups excluding carboxylic acids is 1. The summed E-state index contributed by atoms with van der Waals surface area (Å²) in [6.07, 6.45) is 3.16. The molecule has 2 rings (SSSR count). The van der Waals surface area contributed by atoms with Crippen molar-refractivity contribution < 1.29 is 9.53 Å². The number of nitrogens with one attached hydrogen (secondary N) is 1. The largest absolute Gasteiger partial charge is 0.495 e. The highest BCUT2D eigenvalue weighted by molar-refractivity contribution is 7.12. The zero-order chi connectivity index (χ0) is 11.4. The lowest BCUT2D eigenvalue weighted by Crippen LogP contribution is -2.10. The van der Waals surface area contributed by atoms with E-state index in [0.717, 1.165) is 0 Å². The molecule has 5 heteroatoms. The fraction of sp³-hybridized carbons (Fsp3) is 0.0909. The Morgan fingerprint density at radius 1 is 1.50 bits per heavy atom. The van der Waals surface area contributed by atoms with Crippen molar-refractivity contribution in [1.82, 2.24) is 4.98 Å². The molecule has 2 aromatic heterocycles. The minimum Gasteiger partial charge on any atom is -0.495 e. The molecule has 0 spiro atoms. The van der Waals surface area contributed by atoms with E-state index in [-0.39, 0.29) is 5.91 Å². The van der Waals surface area contributed by atoms with Crippen LogP contribution in [0.1, 0.15) is 9.67 Å². The summed E-state index contributed by atoms with van der Waals surface area (Å²) in [4.78, 5) is 16.3. The predicted octanol–water partition coefficient (Wildman–Crippen LogP) is 2.40. The average molecular weight is 234 g/mol. The molecule has 0 aliphatic rings. The van der Waals surface area contributed by atoms with Crippen LogP contribution in [0.15, 0.2) is 36.0 Å². The summed E-state index contributed by atoms with van der Waals surface area (Å²) in [5.41, 5.74) is 0.623. The maximum atomic E-state index is 11.7. The second-order valence-electron chi connectivity index (χ2n) is 3.04. The van der Waals surface area contributed by atoms with Gasteiger partial charge in [-0.25, -0.2) is 0 Å². The van der Waals surface area contributed by atoms with E-state index in [1.165, 1.54) is 11.3 Å². The van der Waals surface area contributed by atoms with Gasteiger partial charge in [0.25, 0.3) is 5.91 Å². The summed E-state index contributed by atoms with van der Waals surface area (Å²) in [5.74, 6) is 0.481. The third-order valence-corrected chi connectivity index (χ3v) is 2.82. The average Bonchev–Trinajstić information content (AvgIpc) is 2.83. The number of anilines is 1. The molecule has 2 aromatic rings. The van der Waals surface area contributed by atoms with Crippen molar-refractivity contribution in [3.05, 3.63) is 40.8 Å². The van der Waals surface area contributed by atoms with Gasteiger partial charge in [0.05, 0.1) is 30.1 Å². The summed E-state index contributed by atoms with van der Waals surface area (Å²) < 4.78 is 5.02. The number of pyridine rings is 1. The van der Waals surface area contributed by atoms with E-state index in [9.17, 15) is 4.79 Å². The van der Waals surface area contributed by atoms with E-state index >= 15 is 0 Å². The van der Waals surface area contributed by atoms with Crippen molar-refractivity contribution in [2.75, 3.05) is 12.4 Å². The third-order valence-electron chi connectivity index (χ3n) is 1.95. The van der Waals surface area contributed by atoms with Crippen molar-refractivity contribution >= 4 is 22.9 Å². The van der Waals surface area contributed by atoms with Gasteiger partial charge in [0.1, 0.15) is 5.75 Å². The normalized spacial score (nSPS) is 9.81. The number of aromatic nitrogens is 1. The quantitative estimate of drug-likeness (QED) is 0.887. The van der Waals surface area contributed by atoms with Gasteiger partial charge < -0.3 is 10.1 Å². The van der Waals surface area contributed by atoms with Crippen LogP contribution in [0, 0.1) is 0 Å². The topological polar surface area (TPSA) is 51.2 Å². The maximum absolute atomic E-state index is 11.7. The van der Waals surface area contributed by atoms with E-state index in [2.05, 4.69) is 10.3 Å². The molecule has 0 fully saturated rings. The van der Waals surface area contributed by atoms with Crippen molar-refractivity contribution in [3.63, 3.8) is 0 Å². The Kier molecular flexibility index (Phi) is 3.16. The minimum atomic E-state index is -0.134. The van der Waals surface area contributed by atoms with Gasteiger partial charge in [0.15, 0.2) is 0 Å². The van der Waals surface area contributed by atoms with E-state index < -0.39 is 0 Å². The van der Waals surface area contributed by atoms with Crippen LogP contribution in [0.25, 0.3) is 0 Å². The summed E-state index contributed by atoms with van der Waals surface area (Å²) in [7, 11) is 1.56. The van der Waals surface area contributed by atoms with Gasteiger partial charge in [-0.2, -0.15) is 0 Å². The van der Waals surface area contributed by atoms with Crippen LogP contribution in [0.3, 0.4) is 0 Å². The van der Waals surface area contributed by atoms with Gasteiger partial charge in [0.2, 0.25) is 0 Å². The Bertz CT molecular complexity index is 482. The summed E-state index contributed by atoms with van der Waals surface area (Å²) in [5, 5.41) is 4.61. The predicted molar refractivity (Wildman–Crippen MR) is 63.1 cm³/mol. The molecule has 0 saturated heterocycles. The lowest BCUT2D eigenvalue weighted by atomic mass is 10.3. The molecule has 4 nitrogen and oxygen atoms in total. The molecule has 1 amide bonds. The van der Waals surface area contributed by atoms with Gasteiger partial charge in [-0.15, -0.1) is 11.3 Å². The second-order valence-corrected chi connectivity index (χ2v) is 3.99. The van der Waals surface area contributed by atoms with Crippen molar-refractivity contribution in [2.45, 2.75) is 0 Å². The molecular weight excluding hydrogens is 224 g/mol. The van der Waals surface area contributed by atoms with Crippen molar-refractivity contribution in [3.8, 4) is 5.75 Å². The Morgan fingerprint density at radius 3 is 3.06 bits per heavy atom. The van der Waals surface area contributed by atoms with E-state index in [4.69, 9.17) is 4.74 Å². The molecule has 0 saturated carbocycles. The van der Waals surface area contributed by atoms with Crippen molar-refractivity contribution in [1.29, 1.82) is 0 Å². The molecule has 0 radical (unpaired) electrons. The highest BCUT2D eigenvalue weighted by atomic mass is 32.1. The Labute approximate surface area is 96.9 Å². The molecule has 0 aliphatic heterocycles. The fourth-order valence-corrected chi connectivity index (χ4v) is 1.82. The van der Waals surface area contributed by atoms with Gasteiger partial charge >= 0.3 is 0 Å². The number of thiophene rings is 1. The van der Waals surface area contributed by atoms with Crippen LogP contribution >= 0.6 is 11.3 Å². The molecule has 2 heterocycles. The van der Waals surface area contributed by atoms with Crippen LogP contribution in [0.4, 0.5) is 5.69 Å². The first-order valence-electron chi connectivity index (χ1n) is 4.63. The summed E-state index contributed by atoms with van der Waals surface area (Å²) in [6, 6.07) is 5.33. The van der Waals surface area contributed by atoms with Crippen molar-refractivity contribution in [2.24, 2.45) is 0 Å². The van der Waals surface area contributed by atoms with E-state index in [1.807, 2.05) is 11.4 Å². The first kappa shape index (κ1) is 10.6. The summed E-state index contributed by atoms with van der Waals surface area (Å²) >= 11 is 1.40. The van der Waals surface area contributed by atoms with Gasteiger partial charge in [0, 0.05) is 6.07 Å². The zero-order valence-electron chi connectivity index (χ0n) is 8.64. The Morgan fingerprint density at radius 2 is 2.38 bits per heavy atom. The van der Waals surface area contributed by atoms with Crippen LogP contribution in [-0.4, -0.2) is 18.0 Å². The molecule has 16 heavy (non-hydrogen) atoms. The molecule has 0 aliphatic carbocycles. The van der Waals surface area contributed by atoms with Crippen LogP contribution in [0.5, 0.6) is 5.75 Å². The minimum absolute atomic E-state index is 0.134. The van der Waals surface area contributed by atoms with Gasteiger partial charge in [-0.3, -0.25) is 9.78 Å². The maximum Gasteiger partial charge on any atom is 0.265 e. The number of nitrogens with zero attached hydrogens (tertiary/aromatic N) is 1. The molecule has 0 bridgehead atoms. The molecule has 0 unspecified atom stereocenters. The Hall–Kier alpha value is -1.88. The van der Waals surface area contributed by atoms with Crippen LogP contribution in [0.2, 0.25) is 0 Å². The molecular formula is C11H10N2O2S. The van der Waals surface area contributed by atoms with E-state index in [0.29, 0.717) is 16.3 Å². The lowest BCUT2D eigenvalue weighted by molar-refractivity contribution is 0.103. The number of ether oxygens (including phenoxy) is 1. The standard InChI is InChI=1S/C11H10N2O2S/c1-15-9-5-8(6-12-7-9)13-11(14)10-3-2-4-16-10/h2-7H,1H3,(H,13,14). The SMILES string of the molecule is COc1cncc(NC(=O)c2cccs2)c1. The number of carbonyl (C=O) groups is 1. The molecule has 1 N–H and O–H groups in total. The number of methoxy groups -OCH3 is 1. The third kappa shape index (κ3) is 2.38. The van der Waals surface area contributed by atoms with Gasteiger partial charge in [-0.1, -0.05) is 6.07 Å². The number of hydrogen-bond acceptors (Lipinski definition) is 4. The molecule has 0 aromatic carbocycles. The second kappa shape index (κ2) is 4.76. The number of hydrogen-bond donors (Lipinski definition) is 1. The Balaban J connectivity index is 2.12. The first-order valence-corrected chi connectivity index (χ1v) is 5.51. The fourth-order valence-electron chi connectivity index (χ4n) is 1.20. The first-order chi connectivity index (χ1) is 7.79.